The first-order chi connectivity index (χ1) is 16.3. The molecule has 0 N–H and O–H groups in total. The summed E-state index contributed by atoms with van der Waals surface area (Å²) in [4.78, 5) is 22.5. The van der Waals surface area contributed by atoms with Gasteiger partial charge in [-0.15, -0.1) is 0 Å². The van der Waals surface area contributed by atoms with E-state index in [9.17, 15) is 18.0 Å². The summed E-state index contributed by atoms with van der Waals surface area (Å²) < 4.78 is 52.3. The van der Waals surface area contributed by atoms with Gasteiger partial charge in [0.25, 0.3) is 5.88 Å². The molecule has 2 aliphatic heterocycles. The second-order valence-electron chi connectivity index (χ2n) is 8.07. The monoisotopic (exact) mass is 472 g/mol. The fourth-order valence-corrected chi connectivity index (χ4v) is 3.97. The molecule has 34 heavy (non-hydrogen) atoms. The van der Waals surface area contributed by atoms with Crippen molar-refractivity contribution in [2.45, 2.75) is 32.4 Å². The number of carbonyl (C=O) groups is 1. The Balaban J connectivity index is 1.25. The molecular weight excluding hydrogens is 453 g/mol. The molecular formula is C22H19F3N6O3. The number of carbonyl (C=O) groups excluding carboxylic acids is 1. The smallest absolute Gasteiger partial charge is 0.341 e. The van der Waals surface area contributed by atoms with Gasteiger partial charge in [-0.1, -0.05) is 5.16 Å². The zero-order chi connectivity index (χ0) is 24.0. The SMILES string of the molecule is Cc1noc(C)c1-c1ncc(F)c(OC2CN(C(=O)N3N=CCC3c3cc(F)cc(F)c3)C2)n1. The highest BCUT2D eigenvalue weighted by Crippen LogP contribution is 2.32. The van der Waals surface area contributed by atoms with E-state index in [1.807, 2.05) is 0 Å². The van der Waals surface area contributed by atoms with E-state index in [4.69, 9.17) is 9.26 Å². The van der Waals surface area contributed by atoms with E-state index in [-0.39, 0.29) is 24.8 Å². The third-order valence-corrected chi connectivity index (χ3v) is 5.66. The van der Waals surface area contributed by atoms with Crippen molar-refractivity contribution in [1.82, 2.24) is 25.0 Å². The van der Waals surface area contributed by atoms with Crippen LogP contribution in [0, 0.1) is 31.3 Å². The summed E-state index contributed by atoms with van der Waals surface area (Å²) >= 11 is 0. The molecule has 12 heteroatoms. The fourth-order valence-electron chi connectivity index (χ4n) is 3.97. The Hall–Kier alpha value is -3.96. The molecule has 2 aromatic heterocycles. The van der Waals surface area contributed by atoms with Crippen molar-refractivity contribution < 1.29 is 27.2 Å². The number of rotatable bonds is 4. The summed E-state index contributed by atoms with van der Waals surface area (Å²) in [5.74, 6) is -1.72. The van der Waals surface area contributed by atoms with E-state index in [2.05, 4.69) is 20.2 Å². The number of hydrogen-bond acceptors (Lipinski definition) is 7. The third-order valence-electron chi connectivity index (χ3n) is 5.66. The highest BCUT2D eigenvalue weighted by atomic mass is 19.1. The molecule has 0 saturated carbocycles. The Morgan fingerprint density at radius 3 is 2.56 bits per heavy atom. The summed E-state index contributed by atoms with van der Waals surface area (Å²) in [6.45, 7) is 3.75. The summed E-state index contributed by atoms with van der Waals surface area (Å²) in [6.07, 6.45) is 2.36. The van der Waals surface area contributed by atoms with Gasteiger partial charge in [0, 0.05) is 18.7 Å². The molecule has 1 saturated heterocycles. The van der Waals surface area contributed by atoms with Crippen LogP contribution in [-0.2, 0) is 0 Å². The lowest BCUT2D eigenvalue weighted by Crippen LogP contribution is -2.59. The van der Waals surface area contributed by atoms with Crippen LogP contribution in [0.1, 0.15) is 29.5 Å². The van der Waals surface area contributed by atoms with Crippen LogP contribution >= 0.6 is 0 Å². The number of nitrogens with zero attached hydrogens (tertiary/aromatic N) is 6. The highest BCUT2D eigenvalue weighted by Gasteiger charge is 2.39. The molecule has 0 aliphatic carbocycles. The summed E-state index contributed by atoms with van der Waals surface area (Å²) in [5.41, 5.74) is 1.43. The number of ether oxygens (including phenoxy) is 1. The van der Waals surface area contributed by atoms with Gasteiger partial charge in [0.15, 0.2) is 5.82 Å². The lowest BCUT2D eigenvalue weighted by molar-refractivity contribution is 0.0230. The average molecular weight is 472 g/mol. The molecule has 1 fully saturated rings. The number of hydrogen-bond donors (Lipinski definition) is 0. The maximum absolute atomic E-state index is 14.3. The van der Waals surface area contributed by atoms with E-state index in [1.54, 1.807) is 13.8 Å². The zero-order valence-electron chi connectivity index (χ0n) is 18.2. The lowest BCUT2D eigenvalue weighted by atomic mass is 10.0. The molecule has 0 bridgehead atoms. The van der Waals surface area contributed by atoms with Crippen LogP contribution in [0.5, 0.6) is 5.88 Å². The molecule has 0 spiro atoms. The second-order valence-corrected chi connectivity index (χ2v) is 8.07. The molecule has 1 aromatic carbocycles. The number of amides is 2. The van der Waals surface area contributed by atoms with E-state index in [1.165, 1.54) is 28.3 Å². The number of halogens is 3. The summed E-state index contributed by atoms with van der Waals surface area (Å²) in [5, 5.41) is 9.10. The Kier molecular flexibility index (Phi) is 5.42. The second kappa shape index (κ2) is 8.43. The minimum Gasteiger partial charge on any atom is -0.468 e. The molecule has 1 atom stereocenters. The van der Waals surface area contributed by atoms with Gasteiger partial charge in [-0.25, -0.2) is 23.6 Å². The van der Waals surface area contributed by atoms with Gasteiger partial charge < -0.3 is 14.2 Å². The summed E-state index contributed by atoms with van der Waals surface area (Å²) in [7, 11) is 0. The molecule has 1 unspecified atom stereocenters. The minimum absolute atomic E-state index is 0.166. The molecule has 9 nitrogen and oxygen atoms in total. The van der Waals surface area contributed by atoms with Crippen molar-refractivity contribution in [3.63, 3.8) is 0 Å². The Labute approximate surface area is 191 Å². The summed E-state index contributed by atoms with van der Waals surface area (Å²) in [6, 6.07) is 2.07. The maximum atomic E-state index is 14.3. The number of benzene rings is 1. The molecule has 2 amide bonds. The standard InChI is InChI=1S/C22H19F3N6O3/c1-11-19(12(2)34-29-11)20-26-8-17(25)21(28-20)33-16-9-30(10-16)22(32)31-18(3-4-27-31)13-5-14(23)7-15(24)6-13/h4-8,16,18H,3,9-10H2,1-2H3. The fraction of sp³-hybridized carbons (Fsp3) is 0.318. The lowest BCUT2D eigenvalue weighted by Gasteiger charge is -2.40. The molecule has 176 valence electrons. The van der Waals surface area contributed by atoms with Crippen molar-refractivity contribution in [2.24, 2.45) is 5.10 Å². The molecule has 3 aromatic rings. The van der Waals surface area contributed by atoms with Gasteiger partial charge in [0.2, 0.25) is 5.82 Å². The van der Waals surface area contributed by atoms with Gasteiger partial charge >= 0.3 is 6.03 Å². The van der Waals surface area contributed by atoms with E-state index in [0.29, 0.717) is 29.0 Å². The van der Waals surface area contributed by atoms with Crippen molar-refractivity contribution >= 4 is 12.2 Å². The van der Waals surface area contributed by atoms with Crippen LogP contribution in [0.15, 0.2) is 34.0 Å². The normalized spacial score (nSPS) is 17.9. The molecule has 0 radical (unpaired) electrons. The van der Waals surface area contributed by atoms with Gasteiger partial charge in [-0.3, -0.25) is 0 Å². The highest BCUT2D eigenvalue weighted by molar-refractivity contribution is 5.79. The predicted molar refractivity (Wildman–Crippen MR) is 112 cm³/mol. The molecule has 2 aliphatic rings. The van der Waals surface area contributed by atoms with Gasteiger partial charge in [0.05, 0.1) is 36.6 Å². The first-order valence-corrected chi connectivity index (χ1v) is 10.5. The first kappa shape index (κ1) is 21.9. The maximum Gasteiger partial charge on any atom is 0.341 e. The number of urea groups is 1. The van der Waals surface area contributed by atoms with Gasteiger partial charge in [0.1, 0.15) is 23.5 Å². The van der Waals surface area contributed by atoms with Crippen LogP contribution < -0.4 is 4.74 Å². The Morgan fingerprint density at radius 1 is 1.15 bits per heavy atom. The van der Waals surface area contributed by atoms with Crippen LogP contribution in [0.4, 0.5) is 18.0 Å². The zero-order valence-corrected chi connectivity index (χ0v) is 18.2. The average Bonchev–Trinajstić information content (AvgIpc) is 3.37. The largest absolute Gasteiger partial charge is 0.468 e. The topological polar surface area (TPSA) is 97.0 Å². The Bertz CT molecular complexity index is 1250. The minimum atomic E-state index is -0.738. The van der Waals surface area contributed by atoms with Crippen LogP contribution in [0.3, 0.4) is 0 Å². The molecule has 5 rings (SSSR count). The van der Waals surface area contributed by atoms with Crippen LogP contribution in [0.2, 0.25) is 0 Å². The van der Waals surface area contributed by atoms with E-state index in [0.717, 1.165) is 12.3 Å². The number of aryl methyl sites for hydroxylation is 2. The Morgan fingerprint density at radius 2 is 1.88 bits per heavy atom. The number of aromatic nitrogens is 3. The van der Waals surface area contributed by atoms with Crippen LogP contribution in [0.25, 0.3) is 11.4 Å². The number of hydrazone groups is 1. The number of likely N-dealkylation sites (tertiary alicyclic amines) is 1. The third kappa shape index (κ3) is 3.95. The first-order valence-electron chi connectivity index (χ1n) is 10.5. The quantitative estimate of drug-likeness (QED) is 0.573. The van der Waals surface area contributed by atoms with E-state index < -0.39 is 35.6 Å². The van der Waals surface area contributed by atoms with Crippen molar-refractivity contribution in [3.8, 4) is 17.3 Å². The van der Waals surface area contributed by atoms with Crippen molar-refractivity contribution in [3.05, 3.63) is 58.9 Å². The van der Waals surface area contributed by atoms with Crippen LogP contribution in [-0.4, -0.2) is 56.5 Å². The van der Waals surface area contributed by atoms with Gasteiger partial charge in [-0.2, -0.15) is 14.5 Å². The van der Waals surface area contributed by atoms with Gasteiger partial charge in [-0.05, 0) is 31.5 Å². The van der Waals surface area contributed by atoms with Crippen molar-refractivity contribution in [2.75, 3.05) is 13.1 Å². The van der Waals surface area contributed by atoms with E-state index >= 15 is 0 Å². The van der Waals surface area contributed by atoms with Crippen molar-refractivity contribution in [1.29, 1.82) is 0 Å². The predicted octanol–water partition coefficient (Wildman–Crippen LogP) is 3.78. The molecule has 4 heterocycles.